The van der Waals surface area contributed by atoms with Gasteiger partial charge in [0.15, 0.2) is 0 Å². The molecule has 2 heterocycles. The molecular weight excluding hydrogens is 332 g/mol. The van der Waals surface area contributed by atoms with E-state index in [4.69, 9.17) is 4.74 Å². The molecule has 0 aromatic carbocycles. The van der Waals surface area contributed by atoms with Gasteiger partial charge in [-0.25, -0.2) is 9.78 Å². The van der Waals surface area contributed by atoms with Gasteiger partial charge in [-0.05, 0) is 45.4 Å². The number of aromatic nitrogens is 1. The van der Waals surface area contributed by atoms with Crippen LogP contribution in [-0.2, 0) is 22.5 Å². The van der Waals surface area contributed by atoms with Crippen LogP contribution in [0, 0.1) is 0 Å². The molecule has 7 nitrogen and oxygen atoms in total. The summed E-state index contributed by atoms with van der Waals surface area (Å²) in [7, 11) is 5.67. The minimum absolute atomic E-state index is 0.0984. The Kier molecular flexibility index (Phi) is 6.58. The van der Waals surface area contributed by atoms with Crippen LogP contribution in [0.4, 0.5) is 5.82 Å². The first-order chi connectivity index (χ1) is 12.3. The topological polar surface area (TPSA) is 66.0 Å². The molecule has 0 saturated carbocycles. The number of esters is 1. The van der Waals surface area contributed by atoms with E-state index in [0.29, 0.717) is 50.1 Å². The molecule has 0 unspecified atom stereocenters. The minimum atomic E-state index is -0.347. The summed E-state index contributed by atoms with van der Waals surface area (Å²) in [6.07, 6.45) is 2.41. The summed E-state index contributed by atoms with van der Waals surface area (Å²) in [5.74, 6) is 0.364. The van der Waals surface area contributed by atoms with Crippen molar-refractivity contribution in [3.05, 3.63) is 22.9 Å². The van der Waals surface area contributed by atoms with Crippen LogP contribution in [-0.4, -0.2) is 73.5 Å². The second-order valence-corrected chi connectivity index (χ2v) is 7.15. The second kappa shape index (κ2) is 8.49. The van der Waals surface area contributed by atoms with Crippen LogP contribution in [0.25, 0.3) is 0 Å². The molecule has 1 aromatic rings. The van der Waals surface area contributed by atoms with E-state index in [-0.39, 0.29) is 11.9 Å². The number of likely N-dealkylation sites (N-methyl/N-ethyl adjacent to an activating group) is 1. The minimum Gasteiger partial charge on any atom is -0.462 e. The number of hydrogen-bond acceptors (Lipinski definition) is 6. The van der Waals surface area contributed by atoms with E-state index in [1.807, 2.05) is 35.8 Å². The Hall–Kier alpha value is -2.15. The standard InChI is InChI=1S/C19H30N4O3/c1-7-26-19(25)17-15-8-9-23(16(24)12-22(6)13(2)3)11-14(15)10-20-18(17)21(4)5/h10,13H,7-9,11-12H2,1-6H3. The van der Waals surface area contributed by atoms with Gasteiger partial charge in [-0.2, -0.15) is 0 Å². The molecular formula is C19H30N4O3. The monoisotopic (exact) mass is 362 g/mol. The molecule has 0 spiro atoms. The third-order valence-electron chi connectivity index (χ3n) is 4.77. The average molecular weight is 362 g/mol. The first-order valence-electron chi connectivity index (χ1n) is 9.09. The van der Waals surface area contributed by atoms with Crippen molar-refractivity contribution in [3.63, 3.8) is 0 Å². The molecule has 0 radical (unpaired) electrons. The predicted molar refractivity (Wildman–Crippen MR) is 101 cm³/mol. The number of pyridine rings is 1. The summed E-state index contributed by atoms with van der Waals surface area (Å²) < 4.78 is 5.25. The van der Waals surface area contributed by atoms with Gasteiger partial charge < -0.3 is 14.5 Å². The molecule has 1 amide bonds. The SMILES string of the molecule is CCOC(=O)c1c(N(C)C)ncc2c1CCN(C(=O)CN(C)C(C)C)C2. The summed E-state index contributed by atoms with van der Waals surface area (Å²) in [5, 5.41) is 0. The smallest absolute Gasteiger partial charge is 0.342 e. The maximum absolute atomic E-state index is 12.6. The van der Waals surface area contributed by atoms with Crippen molar-refractivity contribution in [1.29, 1.82) is 0 Å². The van der Waals surface area contributed by atoms with Crippen LogP contribution < -0.4 is 4.90 Å². The molecule has 7 heteroatoms. The highest BCUT2D eigenvalue weighted by Crippen LogP contribution is 2.28. The fraction of sp³-hybridized carbons (Fsp3) is 0.632. The van der Waals surface area contributed by atoms with Gasteiger partial charge in [-0.15, -0.1) is 0 Å². The number of fused-ring (bicyclic) bond motifs is 1. The Morgan fingerprint density at radius 3 is 2.58 bits per heavy atom. The van der Waals surface area contributed by atoms with Crippen molar-refractivity contribution in [2.45, 2.75) is 39.8 Å². The van der Waals surface area contributed by atoms with Crippen LogP contribution in [0.15, 0.2) is 6.20 Å². The average Bonchev–Trinajstić information content (AvgIpc) is 2.59. The van der Waals surface area contributed by atoms with Gasteiger partial charge >= 0.3 is 5.97 Å². The molecule has 0 N–H and O–H groups in total. The fourth-order valence-corrected chi connectivity index (χ4v) is 3.00. The highest BCUT2D eigenvalue weighted by atomic mass is 16.5. The lowest BCUT2D eigenvalue weighted by atomic mass is 9.96. The highest BCUT2D eigenvalue weighted by molar-refractivity contribution is 5.97. The first kappa shape index (κ1) is 20.2. The fourth-order valence-electron chi connectivity index (χ4n) is 3.00. The predicted octanol–water partition coefficient (Wildman–Crippen LogP) is 1.55. The van der Waals surface area contributed by atoms with Crippen molar-refractivity contribution in [1.82, 2.24) is 14.8 Å². The summed E-state index contributed by atoms with van der Waals surface area (Å²) in [5.41, 5.74) is 2.40. The maximum atomic E-state index is 12.6. The number of anilines is 1. The van der Waals surface area contributed by atoms with Crippen molar-refractivity contribution < 1.29 is 14.3 Å². The third-order valence-corrected chi connectivity index (χ3v) is 4.77. The number of nitrogens with zero attached hydrogens (tertiary/aromatic N) is 4. The number of ether oxygens (including phenoxy) is 1. The number of carbonyl (C=O) groups is 2. The van der Waals surface area contributed by atoms with Gasteiger partial charge in [0.05, 0.1) is 13.2 Å². The lowest BCUT2D eigenvalue weighted by Crippen LogP contribution is -2.43. The second-order valence-electron chi connectivity index (χ2n) is 7.15. The van der Waals surface area contributed by atoms with Crippen molar-refractivity contribution >= 4 is 17.7 Å². The van der Waals surface area contributed by atoms with Gasteiger partial charge in [-0.3, -0.25) is 9.69 Å². The van der Waals surface area contributed by atoms with E-state index in [1.165, 1.54) is 0 Å². The zero-order valence-electron chi connectivity index (χ0n) is 16.7. The molecule has 2 rings (SSSR count). The molecule has 0 bridgehead atoms. The molecule has 1 aliphatic heterocycles. The largest absolute Gasteiger partial charge is 0.462 e. The Bertz CT molecular complexity index is 673. The van der Waals surface area contributed by atoms with Gasteiger partial charge in [0.2, 0.25) is 5.91 Å². The third kappa shape index (κ3) is 4.33. The Labute approximate surface area is 155 Å². The quantitative estimate of drug-likeness (QED) is 0.716. The zero-order valence-corrected chi connectivity index (χ0v) is 16.7. The van der Waals surface area contributed by atoms with Crippen molar-refractivity contribution in [2.24, 2.45) is 0 Å². The molecule has 0 aliphatic carbocycles. The van der Waals surface area contributed by atoms with Crippen LogP contribution >= 0.6 is 0 Å². The Morgan fingerprint density at radius 1 is 1.31 bits per heavy atom. The van der Waals surface area contributed by atoms with E-state index in [9.17, 15) is 9.59 Å². The van der Waals surface area contributed by atoms with Gasteiger partial charge in [0.1, 0.15) is 11.4 Å². The van der Waals surface area contributed by atoms with Crippen LogP contribution in [0.1, 0.15) is 42.3 Å². The van der Waals surface area contributed by atoms with Crippen molar-refractivity contribution in [3.8, 4) is 0 Å². The van der Waals surface area contributed by atoms with Crippen LogP contribution in [0.2, 0.25) is 0 Å². The molecule has 1 aromatic heterocycles. The molecule has 0 saturated heterocycles. The maximum Gasteiger partial charge on any atom is 0.342 e. The van der Waals surface area contributed by atoms with E-state index in [0.717, 1.165) is 11.1 Å². The van der Waals surface area contributed by atoms with E-state index in [2.05, 4.69) is 18.8 Å². The molecule has 1 aliphatic rings. The normalized spacial score (nSPS) is 13.8. The molecule has 0 atom stereocenters. The van der Waals surface area contributed by atoms with Crippen LogP contribution in [0.5, 0.6) is 0 Å². The summed E-state index contributed by atoms with van der Waals surface area (Å²) in [6, 6.07) is 0.316. The summed E-state index contributed by atoms with van der Waals surface area (Å²) >= 11 is 0. The number of carbonyl (C=O) groups excluding carboxylic acids is 2. The lowest BCUT2D eigenvalue weighted by Gasteiger charge is -2.32. The van der Waals surface area contributed by atoms with Crippen molar-refractivity contribution in [2.75, 3.05) is 45.7 Å². The summed E-state index contributed by atoms with van der Waals surface area (Å²) in [6.45, 7) is 7.71. The molecule has 0 fully saturated rings. The number of amides is 1. The molecule has 144 valence electrons. The van der Waals surface area contributed by atoms with Gasteiger partial charge in [0, 0.05) is 39.4 Å². The Morgan fingerprint density at radius 2 is 2.00 bits per heavy atom. The highest BCUT2D eigenvalue weighted by Gasteiger charge is 2.29. The molecule has 26 heavy (non-hydrogen) atoms. The first-order valence-corrected chi connectivity index (χ1v) is 9.09. The van der Waals surface area contributed by atoms with Gasteiger partial charge in [-0.1, -0.05) is 0 Å². The number of hydrogen-bond donors (Lipinski definition) is 0. The van der Waals surface area contributed by atoms with Gasteiger partial charge in [0.25, 0.3) is 0 Å². The van der Waals surface area contributed by atoms with Crippen LogP contribution in [0.3, 0.4) is 0 Å². The summed E-state index contributed by atoms with van der Waals surface area (Å²) in [4.78, 5) is 35.2. The van der Waals surface area contributed by atoms with E-state index >= 15 is 0 Å². The lowest BCUT2D eigenvalue weighted by molar-refractivity contribution is -0.133. The number of rotatable bonds is 6. The van der Waals surface area contributed by atoms with E-state index in [1.54, 1.807) is 13.1 Å². The zero-order chi connectivity index (χ0) is 19.4. The van der Waals surface area contributed by atoms with E-state index < -0.39 is 0 Å². The Balaban J connectivity index is 2.28.